The van der Waals surface area contributed by atoms with Crippen LogP contribution in [0, 0.1) is 0 Å². The number of benzene rings is 2. The van der Waals surface area contributed by atoms with E-state index in [0.717, 1.165) is 18.4 Å². The Kier molecular flexibility index (Phi) is 5.34. The molecule has 29 heavy (non-hydrogen) atoms. The molecule has 0 N–H and O–H groups in total. The van der Waals surface area contributed by atoms with Crippen molar-refractivity contribution in [2.24, 2.45) is 0 Å². The Morgan fingerprint density at radius 3 is 2.55 bits per heavy atom. The van der Waals surface area contributed by atoms with Crippen LogP contribution < -0.4 is 4.90 Å². The van der Waals surface area contributed by atoms with Gasteiger partial charge in [-0.2, -0.15) is 0 Å². The molecule has 2 aromatic rings. The quantitative estimate of drug-likeness (QED) is 0.751. The average Bonchev–Trinajstić information content (AvgIpc) is 3.18. The zero-order chi connectivity index (χ0) is 20.4. The molecule has 0 spiro atoms. The number of anilines is 1. The third kappa shape index (κ3) is 4.01. The van der Waals surface area contributed by atoms with Crippen LogP contribution in [0.15, 0.2) is 48.5 Å². The summed E-state index contributed by atoms with van der Waals surface area (Å²) >= 11 is 0. The summed E-state index contributed by atoms with van der Waals surface area (Å²) in [5.74, 6) is -0.695. The van der Waals surface area contributed by atoms with Crippen molar-refractivity contribution in [2.45, 2.75) is 38.8 Å². The summed E-state index contributed by atoms with van der Waals surface area (Å²) in [5, 5.41) is 0. The number of carbonyl (C=O) groups is 3. The number of esters is 1. The van der Waals surface area contributed by atoms with Crippen LogP contribution in [0.5, 0.6) is 0 Å². The van der Waals surface area contributed by atoms with Gasteiger partial charge in [0.05, 0.1) is 5.56 Å². The van der Waals surface area contributed by atoms with E-state index >= 15 is 0 Å². The lowest BCUT2D eigenvalue weighted by molar-refractivity contribution is -0.140. The second kappa shape index (κ2) is 8.07. The highest BCUT2D eigenvalue weighted by molar-refractivity contribution is 5.98. The summed E-state index contributed by atoms with van der Waals surface area (Å²) in [6.07, 6.45) is 1.27. The molecule has 4 rings (SSSR count). The van der Waals surface area contributed by atoms with Gasteiger partial charge >= 0.3 is 5.97 Å². The Morgan fingerprint density at radius 1 is 1.00 bits per heavy atom. The fraction of sp³-hybridized carbons (Fsp3) is 0.348. The van der Waals surface area contributed by atoms with E-state index in [2.05, 4.69) is 6.07 Å². The van der Waals surface area contributed by atoms with Gasteiger partial charge in [0.2, 0.25) is 5.91 Å². The van der Waals surface area contributed by atoms with Crippen LogP contribution in [-0.2, 0) is 27.3 Å². The maximum Gasteiger partial charge on any atom is 0.338 e. The third-order valence-electron chi connectivity index (χ3n) is 5.54. The second-order valence-corrected chi connectivity index (χ2v) is 7.53. The number of nitrogens with zero attached hydrogens (tertiary/aromatic N) is 2. The number of fused-ring (bicyclic) bond motifs is 1. The Hall–Kier alpha value is -3.15. The molecule has 2 amide bonds. The second-order valence-electron chi connectivity index (χ2n) is 7.53. The first-order chi connectivity index (χ1) is 14.0. The van der Waals surface area contributed by atoms with E-state index in [1.807, 2.05) is 18.2 Å². The number of amides is 2. The molecule has 1 saturated heterocycles. The van der Waals surface area contributed by atoms with Crippen LogP contribution in [0.2, 0.25) is 0 Å². The smallest absolute Gasteiger partial charge is 0.338 e. The third-order valence-corrected chi connectivity index (χ3v) is 5.54. The molecule has 0 unspecified atom stereocenters. The van der Waals surface area contributed by atoms with E-state index in [1.54, 1.807) is 41.0 Å². The van der Waals surface area contributed by atoms with E-state index < -0.39 is 12.1 Å². The van der Waals surface area contributed by atoms with Gasteiger partial charge in [-0.05, 0) is 49.1 Å². The molecule has 6 heteroatoms. The van der Waals surface area contributed by atoms with Crippen molar-refractivity contribution in [3.63, 3.8) is 0 Å². The van der Waals surface area contributed by atoms with Gasteiger partial charge in [-0.25, -0.2) is 4.79 Å². The highest BCUT2D eigenvalue weighted by Crippen LogP contribution is 2.23. The first kappa shape index (κ1) is 19.2. The molecule has 0 saturated carbocycles. The summed E-state index contributed by atoms with van der Waals surface area (Å²) in [6.45, 7) is 3.41. The maximum atomic E-state index is 12.8. The molecule has 1 atom stereocenters. The maximum absolute atomic E-state index is 12.8. The fourth-order valence-electron chi connectivity index (χ4n) is 3.94. The van der Waals surface area contributed by atoms with E-state index in [0.29, 0.717) is 37.3 Å². The first-order valence-corrected chi connectivity index (χ1v) is 10.00. The molecule has 0 aliphatic carbocycles. The topological polar surface area (TPSA) is 66.9 Å². The van der Waals surface area contributed by atoms with Crippen molar-refractivity contribution in [3.8, 4) is 0 Å². The molecular formula is C23H24N2O4. The molecule has 150 valence electrons. The van der Waals surface area contributed by atoms with Crippen LogP contribution in [0.4, 0.5) is 5.69 Å². The van der Waals surface area contributed by atoms with Gasteiger partial charge in [0.15, 0.2) is 6.10 Å². The highest BCUT2D eigenvalue weighted by Gasteiger charge is 2.28. The van der Waals surface area contributed by atoms with Crippen LogP contribution in [-0.4, -0.2) is 41.9 Å². The van der Waals surface area contributed by atoms with Crippen LogP contribution in [0.3, 0.4) is 0 Å². The molecule has 6 nitrogen and oxygen atoms in total. The molecule has 0 bridgehead atoms. The first-order valence-electron chi connectivity index (χ1n) is 10.00. The van der Waals surface area contributed by atoms with Gasteiger partial charge < -0.3 is 14.5 Å². The van der Waals surface area contributed by atoms with Gasteiger partial charge in [-0.15, -0.1) is 0 Å². The summed E-state index contributed by atoms with van der Waals surface area (Å²) in [5.41, 5.74) is 3.42. The summed E-state index contributed by atoms with van der Waals surface area (Å²) in [4.78, 5) is 40.7. The Labute approximate surface area is 170 Å². The van der Waals surface area contributed by atoms with Gasteiger partial charge in [-0.3, -0.25) is 9.59 Å². The summed E-state index contributed by atoms with van der Waals surface area (Å²) in [7, 11) is 0. The summed E-state index contributed by atoms with van der Waals surface area (Å²) in [6, 6.07) is 14.9. The van der Waals surface area contributed by atoms with Crippen LogP contribution >= 0.6 is 0 Å². The van der Waals surface area contributed by atoms with Crippen molar-refractivity contribution < 1.29 is 19.1 Å². The largest absolute Gasteiger partial charge is 0.449 e. The average molecular weight is 392 g/mol. The molecule has 2 aromatic carbocycles. The standard InChI is InChI=1S/C23H24N2O4/c1-16(22(27)24-13-11-17-6-2-3-7-19(17)15-24)29-23(28)18-8-4-9-20(14-18)25-12-5-10-21(25)26/h2-4,6-9,14,16H,5,10-13,15H2,1H3/t16-/m0/s1. The van der Waals surface area contributed by atoms with E-state index in [-0.39, 0.29) is 11.8 Å². The normalized spacial score (nSPS) is 17.1. The Bertz CT molecular complexity index is 955. The van der Waals surface area contributed by atoms with Gasteiger partial charge in [0, 0.05) is 31.7 Å². The predicted molar refractivity (Wildman–Crippen MR) is 108 cm³/mol. The number of rotatable bonds is 4. The van der Waals surface area contributed by atoms with Crippen molar-refractivity contribution in [1.82, 2.24) is 4.90 Å². The SMILES string of the molecule is C[C@H](OC(=O)c1cccc(N2CCCC2=O)c1)C(=O)N1CCc2ccccc2C1. The van der Waals surface area contributed by atoms with Gasteiger partial charge in [-0.1, -0.05) is 30.3 Å². The van der Waals surface area contributed by atoms with Crippen LogP contribution in [0.25, 0.3) is 0 Å². The molecule has 2 aliphatic heterocycles. The number of hydrogen-bond donors (Lipinski definition) is 0. The van der Waals surface area contributed by atoms with Crippen molar-refractivity contribution in [1.29, 1.82) is 0 Å². The van der Waals surface area contributed by atoms with Crippen LogP contribution in [0.1, 0.15) is 41.3 Å². The minimum Gasteiger partial charge on any atom is -0.449 e. The minimum atomic E-state index is -0.871. The molecule has 1 fully saturated rings. The zero-order valence-corrected chi connectivity index (χ0v) is 16.5. The van der Waals surface area contributed by atoms with Crippen molar-refractivity contribution in [2.75, 3.05) is 18.0 Å². The number of carbonyl (C=O) groups excluding carboxylic acids is 3. The molecular weight excluding hydrogens is 368 g/mol. The molecule has 0 radical (unpaired) electrons. The van der Waals surface area contributed by atoms with Gasteiger partial charge in [0.1, 0.15) is 0 Å². The summed E-state index contributed by atoms with van der Waals surface area (Å²) < 4.78 is 5.45. The number of hydrogen-bond acceptors (Lipinski definition) is 4. The molecule has 2 aliphatic rings. The zero-order valence-electron chi connectivity index (χ0n) is 16.5. The lowest BCUT2D eigenvalue weighted by Crippen LogP contribution is -2.42. The molecule has 0 aromatic heterocycles. The predicted octanol–water partition coefficient (Wildman–Crippen LogP) is 2.94. The van der Waals surface area contributed by atoms with Gasteiger partial charge in [0.25, 0.3) is 5.91 Å². The lowest BCUT2D eigenvalue weighted by Gasteiger charge is -2.30. The lowest BCUT2D eigenvalue weighted by atomic mass is 9.99. The highest BCUT2D eigenvalue weighted by atomic mass is 16.5. The Balaban J connectivity index is 1.41. The minimum absolute atomic E-state index is 0.0597. The molecule has 2 heterocycles. The van der Waals surface area contributed by atoms with E-state index in [9.17, 15) is 14.4 Å². The van der Waals surface area contributed by atoms with E-state index in [4.69, 9.17) is 4.74 Å². The van der Waals surface area contributed by atoms with Crippen molar-refractivity contribution >= 4 is 23.5 Å². The monoisotopic (exact) mass is 392 g/mol. The fourth-order valence-corrected chi connectivity index (χ4v) is 3.94. The van der Waals surface area contributed by atoms with E-state index in [1.165, 1.54) is 5.56 Å². The Morgan fingerprint density at radius 2 is 1.79 bits per heavy atom. The number of ether oxygens (including phenoxy) is 1. The van der Waals surface area contributed by atoms with Crippen molar-refractivity contribution in [3.05, 3.63) is 65.2 Å².